The molecule has 1 amide bonds. The second kappa shape index (κ2) is 7.15. The number of nitrogens with zero attached hydrogens (tertiary/aromatic N) is 2. The van der Waals surface area contributed by atoms with Crippen molar-refractivity contribution >= 4 is 11.7 Å². The Kier molecular flexibility index (Phi) is 4.87. The number of benzene rings is 1. The molecule has 26 heavy (non-hydrogen) atoms. The number of amides is 1. The maximum atomic E-state index is 12.8. The summed E-state index contributed by atoms with van der Waals surface area (Å²) in [4.78, 5) is 28.9. The van der Waals surface area contributed by atoms with Gasteiger partial charge in [-0.3, -0.25) is 9.59 Å². The molecule has 4 rings (SSSR count). The molecule has 3 fully saturated rings. The van der Waals surface area contributed by atoms with Gasteiger partial charge in [-0.2, -0.15) is 0 Å². The van der Waals surface area contributed by atoms with Crippen LogP contribution in [-0.2, 0) is 0 Å². The largest absolute Gasteiger partial charge is 0.339 e. The Bertz CT molecular complexity index is 660. The summed E-state index contributed by atoms with van der Waals surface area (Å²) in [5, 5.41) is 0. The Hall–Kier alpha value is -1.68. The number of ketones is 1. The fraction of sp³-hybridized carbons (Fsp3) is 0.636. The number of Topliss-reactive ketones (excluding diaryl/α,β-unsaturated/α-hetero) is 1. The van der Waals surface area contributed by atoms with Crippen molar-refractivity contribution in [2.24, 2.45) is 5.41 Å². The van der Waals surface area contributed by atoms with Gasteiger partial charge in [-0.15, -0.1) is 0 Å². The van der Waals surface area contributed by atoms with Gasteiger partial charge in [0.25, 0.3) is 5.91 Å². The number of carbonyl (C=O) groups is 2. The van der Waals surface area contributed by atoms with Crippen LogP contribution in [0.25, 0.3) is 0 Å². The van der Waals surface area contributed by atoms with E-state index in [1.54, 1.807) is 31.2 Å². The van der Waals surface area contributed by atoms with E-state index in [0.29, 0.717) is 16.5 Å². The van der Waals surface area contributed by atoms with E-state index in [1.165, 1.54) is 45.2 Å². The second-order valence-electron chi connectivity index (χ2n) is 8.55. The van der Waals surface area contributed by atoms with Crippen molar-refractivity contribution in [3.8, 4) is 0 Å². The fourth-order valence-electron chi connectivity index (χ4n) is 4.83. The molecule has 2 saturated heterocycles. The standard InChI is InChI=1S/C22H30N2O2/c1-17(25)18-5-7-19(8-6-18)21(26)24-15-11-22(12-16-24)9-13-23(14-10-22)20-3-2-4-20/h5-8,20H,2-4,9-16H2,1H3. The van der Waals surface area contributed by atoms with Crippen molar-refractivity contribution in [1.82, 2.24) is 9.80 Å². The van der Waals surface area contributed by atoms with Crippen molar-refractivity contribution in [3.63, 3.8) is 0 Å². The molecule has 0 N–H and O–H groups in total. The number of carbonyl (C=O) groups excluding carboxylic acids is 2. The lowest BCUT2D eigenvalue weighted by atomic mass is 9.70. The first-order valence-electron chi connectivity index (χ1n) is 10.2. The molecule has 4 heteroatoms. The van der Waals surface area contributed by atoms with Crippen molar-refractivity contribution in [2.45, 2.75) is 57.9 Å². The third-order valence-electron chi connectivity index (χ3n) is 7.10. The van der Waals surface area contributed by atoms with Crippen LogP contribution in [0, 0.1) is 5.41 Å². The maximum Gasteiger partial charge on any atom is 0.253 e. The summed E-state index contributed by atoms with van der Waals surface area (Å²) in [6.45, 7) is 5.81. The van der Waals surface area contributed by atoms with E-state index >= 15 is 0 Å². The van der Waals surface area contributed by atoms with Crippen LogP contribution >= 0.6 is 0 Å². The molecular formula is C22H30N2O2. The first-order chi connectivity index (χ1) is 12.6. The van der Waals surface area contributed by atoms with Crippen LogP contribution in [0.15, 0.2) is 24.3 Å². The minimum absolute atomic E-state index is 0.0390. The van der Waals surface area contributed by atoms with Gasteiger partial charge in [0.05, 0.1) is 0 Å². The lowest BCUT2D eigenvalue weighted by molar-refractivity contribution is 0.00646. The highest BCUT2D eigenvalue weighted by Crippen LogP contribution is 2.43. The molecule has 4 nitrogen and oxygen atoms in total. The zero-order valence-electron chi connectivity index (χ0n) is 15.9. The lowest BCUT2D eigenvalue weighted by Crippen LogP contribution is -2.51. The molecule has 2 heterocycles. The topological polar surface area (TPSA) is 40.6 Å². The van der Waals surface area contributed by atoms with Crippen LogP contribution in [0.4, 0.5) is 0 Å². The number of piperidine rings is 2. The van der Waals surface area contributed by atoms with E-state index in [9.17, 15) is 9.59 Å². The summed E-state index contributed by atoms with van der Waals surface area (Å²) < 4.78 is 0. The van der Waals surface area contributed by atoms with E-state index < -0.39 is 0 Å². The van der Waals surface area contributed by atoms with Gasteiger partial charge in [0, 0.05) is 30.3 Å². The molecular weight excluding hydrogens is 324 g/mol. The summed E-state index contributed by atoms with van der Waals surface area (Å²) >= 11 is 0. The minimum atomic E-state index is 0.0390. The summed E-state index contributed by atoms with van der Waals surface area (Å²) in [5.74, 6) is 0.152. The van der Waals surface area contributed by atoms with Crippen LogP contribution < -0.4 is 0 Å². The van der Waals surface area contributed by atoms with Gasteiger partial charge < -0.3 is 9.80 Å². The summed E-state index contributed by atoms with van der Waals surface area (Å²) in [6.07, 6.45) is 9.11. The van der Waals surface area contributed by atoms with Crippen molar-refractivity contribution in [1.29, 1.82) is 0 Å². The van der Waals surface area contributed by atoms with Crippen molar-refractivity contribution in [2.75, 3.05) is 26.2 Å². The van der Waals surface area contributed by atoms with Crippen LogP contribution in [0.2, 0.25) is 0 Å². The molecule has 0 bridgehead atoms. The number of hydrogen-bond donors (Lipinski definition) is 0. The van der Waals surface area contributed by atoms with Gasteiger partial charge in [-0.05, 0) is 76.1 Å². The van der Waals surface area contributed by atoms with Gasteiger partial charge in [-0.25, -0.2) is 0 Å². The van der Waals surface area contributed by atoms with Gasteiger partial charge in [0.2, 0.25) is 0 Å². The third-order valence-corrected chi connectivity index (χ3v) is 7.10. The second-order valence-corrected chi connectivity index (χ2v) is 8.55. The van der Waals surface area contributed by atoms with Gasteiger partial charge in [-0.1, -0.05) is 18.6 Å². The molecule has 1 aromatic rings. The number of hydrogen-bond acceptors (Lipinski definition) is 3. The number of likely N-dealkylation sites (tertiary alicyclic amines) is 2. The van der Waals surface area contributed by atoms with Gasteiger partial charge in [0.1, 0.15) is 0 Å². The van der Waals surface area contributed by atoms with E-state index in [4.69, 9.17) is 0 Å². The van der Waals surface area contributed by atoms with Crippen LogP contribution in [0.1, 0.15) is 72.6 Å². The molecule has 0 unspecified atom stereocenters. The average molecular weight is 354 g/mol. The molecule has 1 saturated carbocycles. The predicted octanol–water partition coefficient (Wildman–Crippen LogP) is 3.76. The predicted molar refractivity (Wildman–Crippen MR) is 102 cm³/mol. The molecule has 0 atom stereocenters. The highest BCUT2D eigenvalue weighted by Gasteiger charge is 2.40. The molecule has 140 valence electrons. The lowest BCUT2D eigenvalue weighted by Gasteiger charge is -2.49. The van der Waals surface area contributed by atoms with E-state index in [-0.39, 0.29) is 11.7 Å². The zero-order chi connectivity index (χ0) is 18.1. The smallest absolute Gasteiger partial charge is 0.253 e. The Morgan fingerprint density at radius 3 is 1.92 bits per heavy atom. The van der Waals surface area contributed by atoms with E-state index in [2.05, 4.69) is 4.90 Å². The summed E-state index contributed by atoms with van der Waals surface area (Å²) in [6, 6.07) is 7.97. The Morgan fingerprint density at radius 1 is 0.885 bits per heavy atom. The molecule has 2 aliphatic heterocycles. The van der Waals surface area contributed by atoms with Gasteiger partial charge >= 0.3 is 0 Å². The van der Waals surface area contributed by atoms with Gasteiger partial charge in [0.15, 0.2) is 5.78 Å². The van der Waals surface area contributed by atoms with E-state index in [1.807, 2.05) is 4.90 Å². The van der Waals surface area contributed by atoms with Crippen LogP contribution in [-0.4, -0.2) is 53.7 Å². The molecule has 0 radical (unpaired) electrons. The SMILES string of the molecule is CC(=O)c1ccc(C(=O)N2CCC3(CC2)CCN(C2CCC2)CC3)cc1. The van der Waals surface area contributed by atoms with Crippen LogP contribution in [0.5, 0.6) is 0 Å². The first-order valence-corrected chi connectivity index (χ1v) is 10.2. The molecule has 1 spiro atoms. The monoisotopic (exact) mass is 354 g/mol. The van der Waals surface area contributed by atoms with Crippen molar-refractivity contribution in [3.05, 3.63) is 35.4 Å². The molecule has 0 aromatic heterocycles. The maximum absolute atomic E-state index is 12.8. The average Bonchev–Trinajstić information content (AvgIpc) is 2.62. The highest BCUT2D eigenvalue weighted by atomic mass is 16.2. The normalized spacial score (nSPS) is 23.7. The Morgan fingerprint density at radius 2 is 1.42 bits per heavy atom. The highest BCUT2D eigenvalue weighted by molar-refractivity contribution is 5.97. The summed E-state index contributed by atoms with van der Waals surface area (Å²) in [7, 11) is 0. The minimum Gasteiger partial charge on any atom is -0.339 e. The van der Waals surface area contributed by atoms with E-state index in [0.717, 1.165) is 32.0 Å². The number of rotatable bonds is 3. The Balaban J connectivity index is 1.31. The quantitative estimate of drug-likeness (QED) is 0.776. The van der Waals surface area contributed by atoms with Crippen molar-refractivity contribution < 1.29 is 9.59 Å². The Labute approximate surface area is 156 Å². The zero-order valence-corrected chi connectivity index (χ0v) is 15.9. The molecule has 1 aliphatic carbocycles. The molecule has 3 aliphatic rings. The third kappa shape index (κ3) is 3.44. The van der Waals surface area contributed by atoms with Crippen LogP contribution in [0.3, 0.4) is 0 Å². The molecule has 1 aromatic carbocycles. The first kappa shape index (κ1) is 17.7. The summed E-state index contributed by atoms with van der Waals surface area (Å²) in [5.41, 5.74) is 1.83. The fourth-order valence-corrected chi connectivity index (χ4v) is 4.83.